The Bertz CT molecular complexity index is 1480. The number of fused-ring (bicyclic) bond motifs is 1. The molecule has 3 aromatic rings. The van der Waals surface area contributed by atoms with Crippen LogP contribution in [0.2, 0.25) is 0 Å². The molecular formula is C28H26F4N4O5. The smallest absolute Gasteiger partial charge is 0.416 e. The molecular weight excluding hydrogens is 548 g/mol. The van der Waals surface area contributed by atoms with Gasteiger partial charge in [0.2, 0.25) is 0 Å². The van der Waals surface area contributed by atoms with E-state index in [4.69, 9.17) is 4.74 Å². The molecule has 2 amide bonds. The van der Waals surface area contributed by atoms with E-state index in [-0.39, 0.29) is 35.2 Å². The van der Waals surface area contributed by atoms with Gasteiger partial charge < -0.3 is 15.2 Å². The number of amides is 2. The molecule has 216 valence electrons. The Labute approximate surface area is 231 Å². The number of nitrogens with zero attached hydrogens (tertiary/aromatic N) is 3. The Kier molecular flexibility index (Phi) is 7.56. The van der Waals surface area contributed by atoms with Crippen LogP contribution in [-0.4, -0.2) is 58.5 Å². The second-order valence-corrected chi connectivity index (χ2v) is 9.82. The lowest BCUT2D eigenvalue weighted by Gasteiger charge is -2.39. The highest BCUT2D eigenvalue weighted by Crippen LogP contribution is 2.44. The summed E-state index contributed by atoms with van der Waals surface area (Å²) in [5.74, 6) is -4.40. The van der Waals surface area contributed by atoms with Gasteiger partial charge in [0.15, 0.2) is 5.69 Å². The molecule has 2 aliphatic heterocycles. The largest absolute Gasteiger partial charge is 0.476 e. The van der Waals surface area contributed by atoms with Crippen LogP contribution in [0.4, 0.5) is 23.4 Å². The summed E-state index contributed by atoms with van der Waals surface area (Å²) in [6.07, 6.45) is -3.65. The molecule has 0 radical (unpaired) electrons. The van der Waals surface area contributed by atoms with Crippen molar-refractivity contribution in [2.24, 2.45) is 0 Å². The molecule has 0 spiro atoms. The van der Waals surface area contributed by atoms with Crippen LogP contribution in [0.25, 0.3) is 0 Å². The Hall–Kier alpha value is -4.26. The summed E-state index contributed by atoms with van der Waals surface area (Å²) in [5, 5.41) is 17.1. The number of aromatic carboxylic acids is 1. The van der Waals surface area contributed by atoms with Crippen molar-refractivity contribution in [2.75, 3.05) is 24.7 Å². The molecule has 0 saturated carbocycles. The number of halogens is 4. The fourth-order valence-corrected chi connectivity index (χ4v) is 5.46. The maximum Gasteiger partial charge on any atom is 0.416 e. The van der Waals surface area contributed by atoms with Gasteiger partial charge >= 0.3 is 12.1 Å². The lowest BCUT2D eigenvalue weighted by molar-refractivity contribution is -0.137. The zero-order chi connectivity index (χ0) is 29.5. The van der Waals surface area contributed by atoms with Gasteiger partial charge in [-0.25, -0.2) is 13.9 Å². The summed E-state index contributed by atoms with van der Waals surface area (Å²) in [6, 6.07) is 7.08. The summed E-state index contributed by atoms with van der Waals surface area (Å²) < 4.78 is 60.8. The van der Waals surface area contributed by atoms with Gasteiger partial charge in [-0.15, -0.1) is 0 Å². The van der Waals surface area contributed by atoms with E-state index in [0.29, 0.717) is 37.7 Å². The number of ether oxygens (including phenoxy) is 1. The number of aromatic nitrogens is 2. The monoisotopic (exact) mass is 574 g/mol. The van der Waals surface area contributed by atoms with E-state index in [9.17, 15) is 37.1 Å². The number of anilines is 1. The number of carbonyl (C=O) groups is 3. The molecule has 2 N–H and O–H groups in total. The number of carboxylic acids is 1. The first-order valence-corrected chi connectivity index (χ1v) is 13.0. The highest BCUT2D eigenvalue weighted by molar-refractivity contribution is 6.06. The van der Waals surface area contributed by atoms with E-state index in [1.807, 2.05) is 0 Å². The molecule has 2 aromatic carbocycles. The zero-order valence-corrected chi connectivity index (χ0v) is 21.8. The minimum atomic E-state index is -4.70. The van der Waals surface area contributed by atoms with E-state index in [1.165, 1.54) is 27.8 Å². The van der Waals surface area contributed by atoms with Gasteiger partial charge in [0, 0.05) is 36.8 Å². The number of hydrogen-bond acceptors (Lipinski definition) is 5. The lowest BCUT2D eigenvalue weighted by atomic mass is 9.80. The van der Waals surface area contributed by atoms with Gasteiger partial charge in [0.1, 0.15) is 17.7 Å². The summed E-state index contributed by atoms with van der Waals surface area (Å²) in [6.45, 7) is 2.59. The van der Waals surface area contributed by atoms with Gasteiger partial charge in [-0.2, -0.15) is 18.3 Å². The van der Waals surface area contributed by atoms with E-state index in [1.54, 1.807) is 6.92 Å². The van der Waals surface area contributed by atoms with Crippen LogP contribution < -0.4 is 10.2 Å². The Morgan fingerprint density at radius 3 is 2.41 bits per heavy atom. The number of carbonyl (C=O) groups excluding carboxylic acids is 2. The average molecular weight is 575 g/mol. The third-order valence-corrected chi connectivity index (χ3v) is 7.38. The topological polar surface area (TPSA) is 114 Å². The number of benzene rings is 2. The van der Waals surface area contributed by atoms with Crippen LogP contribution in [0.1, 0.15) is 69.3 Å². The van der Waals surface area contributed by atoms with E-state index in [0.717, 1.165) is 24.3 Å². The van der Waals surface area contributed by atoms with Crippen LogP contribution in [-0.2, 0) is 15.7 Å². The molecule has 5 rings (SSSR count). The molecule has 9 nitrogen and oxygen atoms in total. The molecule has 2 aliphatic rings. The first-order chi connectivity index (χ1) is 19.5. The van der Waals surface area contributed by atoms with Crippen LogP contribution >= 0.6 is 0 Å². The average Bonchev–Trinajstić information content (AvgIpc) is 3.34. The van der Waals surface area contributed by atoms with E-state index < -0.39 is 47.3 Å². The van der Waals surface area contributed by atoms with Crippen molar-refractivity contribution in [3.05, 3.63) is 82.3 Å². The molecule has 0 bridgehead atoms. The van der Waals surface area contributed by atoms with Crippen LogP contribution in [0.15, 0.2) is 48.5 Å². The fourth-order valence-electron chi connectivity index (χ4n) is 5.46. The second kappa shape index (κ2) is 11.0. The minimum absolute atomic E-state index is 0.0892. The third kappa shape index (κ3) is 5.29. The maximum atomic E-state index is 14.0. The van der Waals surface area contributed by atoms with E-state index in [2.05, 4.69) is 10.4 Å². The van der Waals surface area contributed by atoms with Crippen molar-refractivity contribution in [1.82, 2.24) is 15.1 Å². The molecule has 13 heteroatoms. The first-order valence-electron chi connectivity index (χ1n) is 13.0. The van der Waals surface area contributed by atoms with Crippen LogP contribution in [0, 0.1) is 5.82 Å². The molecule has 1 fully saturated rings. The van der Waals surface area contributed by atoms with Crippen molar-refractivity contribution in [3.8, 4) is 0 Å². The minimum Gasteiger partial charge on any atom is -0.476 e. The lowest BCUT2D eigenvalue weighted by Crippen LogP contribution is -2.55. The quantitative estimate of drug-likeness (QED) is 0.423. The summed E-state index contributed by atoms with van der Waals surface area (Å²) in [4.78, 5) is 41.1. The SMILES string of the molecule is CCN1C(=O)[C@@H](NC(=O)c2cccc(C(F)(F)F)c2)[C@H](c2ccc(F)cc2)c2c(C(=O)O)nn(C3CCOCC3)c21. The van der Waals surface area contributed by atoms with Crippen molar-refractivity contribution in [3.63, 3.8) is 0 Å². The predicted octanol–water partition coefficient (Wildman–Crippen LogP) is 4.39. The van der Waals surface area contributed by atoms with Crippen LogP contribution in [0.3, 0.4) is 0 Å². The number of alkyl halides is 3. The van der Waals surface area contributed by atoms with Crippen molar-refractivity contribution in [2.45, 2.75) is 43.9 Å². The second-order valence-electron chi connectivity index (χ2n) is 9.82. The van der Waals surface area contributed by atoms with Gasteiger partial charge in [-0.05, 0) is 55.7 Å². The molecule has 1 saturated heterocycles. The van der Waals surface area contributed by atoms with E-state index >= 15 is 0 Å². The van der Waals surface area contributed by atoms with Crippen molar-refractivity contribution >= 4 is 23.6 Å². The Balaban J connectivity index is 1.67. The Morgan fingerprint density at radius 2 is 1.80 bits per heavy atom. The van der Waals surface area contributed by atoms with Gasteiger partial charge in [-0.3, -0.25) is 14.5 Å². The zero-order valence-electron chi connectivity index (χ0n) is 21.8. The van der Waals surface area contributed by atoms with Crippen molar-refractivity contribution in [1.29, 1.82) is 0 Å². The van der Waals surface area contributed by atoms with Gasteiger partial charge in [0.05, 0.1) is 11.6 Å². The first kappa shape index (κ1) is 28.3. The molecule has 0 unspecified atom stereocenters. The predicted molar refractivity (Wildman–Crippen MR) is 137 cm³/mol. The highest BCUT2D eigenvalue weighted by Gasteiger charge is 2.48. The molecule has 1 aromatic heterocycles. The van der Waals surface area contributed by atoms with Gasteiger partial charge in [0.25, 0.3) is 11.8 Å². The molecule has 0 aliphatic carbocycles. The fraction of sp³-hybridized carbons (Fsp3) is 0.357. The number of rotatable bonds is 6. The van der Waals surface area contributed by atoms with Crippen molar-refractivity contribution < 1.29 is 41.8 Å². The normalized spacial score (nSPS) is 19.6. The summed E-state index contributed by atoms with van der Waals surface area (Å²) >= 11 is 0. The molecule has 3 heterocycles. The van der Waals surface area contributed by atoms with Gasteiger partial charge in [-0.1, -0.05) is 18.2 Å². The highest BCUT2D eigenvalue weighted by atomic mass is 19.4. The summed E-state index contributed by atoms with van der Waals surface area (Å²) in [7, 11) is 0. The molecule has 41 heavy (non-hydrogen) atoms. The Morgan fingerprint density at radius 1 is 1.12 bits per heavy atom. The molecule has 2 atom stereocenters. The maximum absolute atomic E-state index is 14.0. The van der Waals surface area contributed by atoms with Crippen LogP contribution in [0.5, 0.6) is 0 Å². The third-order valence-electron chi connectivity index (χ3n) is 7.38. The number of likely N-dealkylation sites (N-methyl/N-ethyl adjacent to an activating group) is 1. The number of hydrogen-bond donors (Lipinski definition) is 2. The standard InChI is InChI=1S/C28H26F4N4O5/c1-2-35-25-21(23(27(39)40)34-36(25)19-10-12-41-13-11-19)20(15-6-8-18(29)9-7-15)22(26(35)38)33-24(37)16-4-3-5-17(14-16)28(30,31)32/h3-9,14,19-20,22H,2,10-13H2,1H3,(H,33,37)(H,39,40)/t20-,22+/m1/s1. The number of carboxylic acid groups (broad SMARTS) is 1. The summed E-state index contributed by atoms with van der Waals surface area (Å²) in [5.41, 5.74) is -1.26. The number of nitrogens with one attached hydrogen (secondary N) is 1.